The predicted octanol–water partition coefficient (Wildman–Crippen LogP) is 2.86. The summed E-state index contributed by atoms with van der Waals surface area (Å²) in [5.41, 5.74) is -0.0547. The van der Waals surface area contributed by atoms with Crippen molar-refractivity contribution in [2.24, 2.45) is 7.05 Å². The third-order valence-electron chi connectivity index (χ3n) is 4.76. The van der Waals surface area contributed by atoms with E-state index in [-0.39, 0.29) is 24.0 Å². The summed E-state index contributed by atoms with van der Waals surface area (Å²) in [6, 6.07) is 5.63. The Hall–Kier alpha value is -2.42. The van der Waals surface area contributed by atoms with Gasteiger partial charge in [0.25, 0.3) is 0 Å². The molecule has 0 radical (unpaired) electrons. The summed E-state index contributed by atoms with van der Waals surface area (Å²) in [4.78, 5) is 14.5. The van der Waals surface area contributed by atoms with E-state index in [1.165, 1.54) is 19.2 Å². The highest BCUT2D eigenvalue weighted by molar-refractivity contribution is 5.82. The fourth-order valence-electron chi connectivity index (χ4n) is 3.33. The molecular weight excluding hydrogens is 364 g/mol. The zero-order valence-electron chi connectivity index (χ0n) is 14.8. The Morgan fingerprint density at radius 3 is 2.67 bits per heavy atom. The molecule has 1 aliphatic heterocycles. The number of likely N-dealkylation sites (tertiary alicyclic amines) is 1. The summed E-state index contributed by atoms with van der Waals surface area (Å²) in [6.07, 6.45) is -2.31. The van der Waals surface area contributed by atoms with Crippen LogP contribution in [-0.4, -0.2) is 33.2 Å². The highest BCUT2D eigenvalue weighted by Gasteiger charge is 2.36. The van der Waals surface area contributed by atoms with Gasteiger partial charge in [-0.2, -0.15) is 18.3 Å². The molecule has 0 aliphatic carbocycles. The van der Waals surface area contributed by atoms with Crippen molar-refractivity contribution in [3.63, 3.8) is 0 Å². The van der Waals surface area contributed by atoms with Gasteiger partial charge in [0, 0.05) is 13.6 Å². The molecule has 1 N–H and O–H groups in total. The number of benzene rings is 1. The summed E-state index contributed by atoms with van der Waals surface area (Å²) in [6.45, 7) is 0.942. The normalized spacial score (nSPS) is 18.0. The second-order valence-corrected chi connectivity index (χ2v) is 6.60. The Morgan fingerprint density at radius 1 is 1.30 bits per heavy atom. The zero-order valence-corrected chi connectivity index (χ0v) is 14.8. The number of amides is 1. The molecule has 0 bridgehead atoms. The van der Waals surface area contributed by atoms with Crippen molar-refractivity contribution in [1.29, 1.82) is 0 Å². The van der Waals surface area contributed by atoms with Gasteiger partial charge in [0.05, 0.1) is 30.0 Å². The molecule has 5 nitrogen and oxygen atoms in total. The molecule has 1 aromatic carbocycles. The number of rotatable bonds is 5. The van der Waals surface area contributed by atoms with Crippen LogP contribution in [0.3, 0.4) is 0 Å². The van der Waals surface area contributed by atoms with Crippen molar-refractivity contribution in [2.75, 3.05) is 6.54 Å². The first-order valence-corrected chi connectivity index (χ1v) is 8.60. The van der Waals surface area contributed by atoms with Gasteiger partial charge in [-0.1, -0.05) is 12.1 Å². The molecule has 0 saturated carbocycles. The van der Waals surface area contributed by atoms with E-state index in [2.05, 4.69) is 10.4 Å². The van der Waals surface area contributed by atoms with Crippen LogP contribution in [0.15, 0.2) is 30.5 Å². The van der Waals surface area contributed by atoms with Gasteiger partial charge in [0.2, 0.25) is 5.91 Å². The summed E-state index contributed by atoms with van der Waals surface area (Å²) in [5, 5.41) is 6.24. The van der Waals surface area contributed by atoms with Crippen molar-refractivity contribution in [1.82, 2.24) is 20.0 Å². The van der Waals surface area contributed by atoms with Crippen molar-refractivity contribution in [3.05, 3.63) is 53.1 Å². The van der Waals surface area contributed by atoms with Crippen molar-refractivity contribution in [3.8, 4) is 0 Å². The van der Waals surface area contributed by atoms with Gasteiger partial charge in [-0.3, -0.25) is 14.4 Å². The Labute approximate surface area is 154 Å². The molecule has 1 aromatic heterocycles. The molecule has 146 valence electrons. The monoisotopic (exact) mass is 384 g/mol. The van der Waals surface area contributed by atoms with Gasteiger partial charge < -0.3 is 5.32 Å². The molecule has 1 unspecified atom stereocenters. The van der Waals surface area contributed by atoms with Crippen LogP contribution in [0.4, 0.5) is 17.6 Å². The first-order chi connectivity index (χ1) is 12.8. The first kappa shape index (κ1) is 19.3. The maximum atomic E-state index is 13.0. The second-order valence-electron chi connectivity index (χ2n) is 6.60. The maximum Gasteiger partial charge on any atom is 0.419 e. The minimum atomic E-state index is -4.52. The van der Waals surface area contributed by atoms with Gasteiger partial charge in [-0.25, -0.2) is 4.39 Å². The Kier molecular flexibility index (Phi) is 5.50. The van der Waals surface area contributed by atoms with E-state index in [0.717, 1.165) is 22.9 Å². The Balaban J connectivity index is 1.64. The Bertz CT molecular complexity index is 801. The third-order valence-corrected chi connectivity index (χ3v) is 4.76. The van der Waals surface area contributed by atoms with E-state index >= 15 is 0 Å². The summed E-state index contributed by atoms with van der Waals surface area (Å²) < 4.78 is 53.2. The SMILES string of the molecule is Cn1ncc(C(F)(F)F)c1CNC(=O)C1CCCN1Cc1ccc(F)cc1. The standard InChI is InChI=1S/C18H20F4N4O/c1-25-16(14(9-24-25)18(20,21)22)10-23-17(27)15-3-2-8-26(15)11-12-4-6-13(19)7-5-12/h4-7,9,15H,2-3,8,10-11H2,1H3,(H,23,27). The molecule has 1 amide bonds. The van der Waals surface area contributed by atoms with Crippen molar-refractivity contribution in [2.45, 2.75) is 38.1 Å². The lowest BCUT2D eigenvalue weighted by Gasteiger charge is -2.24. The highest BCUT2D eigenvalue weighted by Crippen LogP contribution is 2.31. The molecule has 0 spiro atoms. The number of aromatic nitrogens is 2. The minimum Gasteiger partial charge on any atom is -0.349 e. The van der Waals surface area contributed by atoms with Gasteiger partial charge >= 0.3 is 6.18 Å². The average Bonchev–Trinajstić information content (AvgIpc) is 3.21. The van der Waals surface area contributed by atoms with E-state index in [0.29, 0.717) is 19.5 Å². The number of carbonyl (C=O) groups is 1. The summed E-state index contributed by atoms with van der Waals surface area (Å²) in [5.74, 6) is -0.643. The largest absolute Gasteiger partial charge is 0.419 e. The molecule has 2 heterocycles. The molecule has 1 atom stereocenters. The maximum absolute atomic E-state index is 13.0. The van der Waals surface area contributed by atoms with Crippen LogP contribution in [0.1, 0.15) is 29.7 Å². The highest BCUT2D eigenvalue weighted by atomic mass is 19.4. The molecule has 2 aromatic rings. The molecule has 1 saturated heterocycles. The van der Waals surface area contributed by atoms with Crippen molar-refractivity contribution >= 4 is 5.91 Å². The van der Waals surface area contributed by atoms with Crippen LogP contribution in [0, 0.1) is 5.82 Å². The Morgan fingerprint density at radius 2 is 2.00 bits per heavy atom. The van der Waals surface area contributed by atoms with Gasteiger partial charge in [0.15, 0.2) is 0 Å². The first-order valence-electron chi connectivity index (χ1n) is 8.60. The number of carbonyl (C=O) groups excluding carboxylic acids is 1. The van der Waals surface area contributed by atoms with E-state index in [1.54, 1.807) is 12.1 Å². The van der Waals surface area contributed by atoms with Gasteiger partial charge in [-0.05, 0) is 37.1 Å². The zero-order chi connectivity index (χ0) is 19.6. The van der Waals surface area contributed by atoms with E-state index in [1.807, 2.05) is 4.90 Å². The fraction of sp³-hybridized carbons (Fsp3) is 0.444. The number of hydrogen-bond acceptors (Lipinski definition) is 3. The second kappa shape index (κ2) is 7.67. The quantitative estimate of drug-likeness (QED) is 0.807. The predicted molar refractivity (Wildman–Crippen MR) is 89.9 cm³/mol. The molecule has 1 fully saturated rings. The van der Waals surface area contributed by atoms with Gasteiger partial charge in [-0.15, -0.1) is 0 Å². The molecule has 3 rings (SSSR count). The van der Waals surface area contributed by atoms with E-state index < -0.39 is 17.8 Å². The van der Waals surface area contributed by atoms with Crippen LogP contribution in [0.25, 0.3) is 0 Å². The topological polar surface area (TPSA) is 50.2 Å². The van der Waals surface area contributed by atoms with Crippen LogP contribution < -0.4 is 5.32 Å². The number of nitrogens with one attached hydrogen (secondary N) is 1. The lowest BCUT2D eigenvalue weighted by molar-refractivity contribution is -0.138. The van der Waals surface area contributed by atoms with E-state index in [9.17, 15) is 22.4 Å². The van der Waals surface area contributed by atoms with Crippen molar-refractivity contribution < 1.29 is 22.4 Å². The van der Waals surface area contributed by atoms with Crippen LogP contribution >= 0.6 is 0 Å². The number of halogens is 4. The lowest BCUT2D eigenvalue weighted by atomic mass is 10.1. The van der Waals surface area contributed by atoms with Crippen LogP contribution in [0.2, 0.25) is 0 Å². The molecule has 1 aliphatic rings. The number of hydrogen-bond donors (Lipinski definition) is 1. The summed E-state index contributed by atoms with van der Waals surface area (Å²) in [7, 11) is 1.41. The smallest absolute Gasteiger partial charge is 0.349 e. The van der Waals surface area contributed by atoms with E-state index in [4.69, 9.17) is 0 Å². The average molecular weight is 384 g/mol. The summed E-state index contributed by atoms with van der Waals surface area (Å²) >= 11 is 0. The number of alkyl halides is 3. The third kappa shape index (κ3) is 4.47. The number of nitrogens with zero attached hydrogens (tertiary/aromatic N) is 3. The molecule has 27 heavy (non-hydrogen) atoms. The van der Waals surface area contributed by atoms with Crippen LogP contribution in [0.5, 0.6) is 0 Å². The van der Waals surface area contributed by atoms with Gasteiger partial charge in [0.1, 0.15) is 5.82 Å². The van der Waals surface area contributed by atoms with Crippen LogP contribution in [-0.2, 0) is 31.1 Å². The number of aryl methyl sites for hydroxylation is 1. The fourth-order valence-corrected chi connectivity index (χ4v) is 3.33. The lowest BCUT2D eigenvalue weighted by Crippen LogP contribution is -2.43. The minimum absolute atomic E-state index is 0.0843. The molecule has 9 heteroatoms. The molecular formula is C18H20F4N4O.